The summed E-state index contributed by atoms with van der Waals surface area (Å²) in [5, 5.41) is 4.86. The normalized spacial score (nSPS) is 11.3. The van der Waals surface area contributed by atoms with Crippen LogP contribution in [-0.4, -0.2) is 4.57 Å². The summed E-state index contributed by atoms with van der Waals surface area (Å²) in [6.45, 7) is 0. The molecule has 0 saturated heterocycles. The summed E-state index contributed by atoms with van der Waals surface area (Å²) < 4.78 is 2.45. The zero-order chi connectivity index (χ0) is 35.8. The highest BCUT2D eigenvalue weighted by atomic mass is 15.2. The van der Waals surface area contributed by atoms with Gasteiger partial charge in [0.2, 0.25) is 0 Å². The predicted molar refractivity (Wildman–Crippen MR) is 229 cm³/mol. The van der Waals surface area contributed by atoms with Gasteiger partial charge in [0.15, 0.2) is 0 Å². The van der Waals surface area contributed by atoms with E-state index in [1.165, 1.54) is 60.4 Å². The molecule has 0 saturated carbocycles. The SMILES string of the molecule is c1ccc(-c2ccc(-c3cccc4ccccc34)c(N(c3ccccc3)c3cccc4c3c3ccccc3n4-c3ccccc3-c3ccccc3)c2)cc1. The number of fused-ring (bicyclic) bond motifs is 4. The van der Waals surface area contributed by atoms with Crippen LogP contribution < -0.4 is 4.90 Å². The second kappa shape index (κ2) is 13.4. The Bertz CT molecular complexity index is 2920. The minimum atomic E-state index is 1.10. The smallest absolute Gasteiger partial charge is 0.0562 e. The molecule has 254 valence electrons. The zero-order valence-electron chi connectivity index (χ0n) is 29.7. The van der Waals surface area contributed by atoms with E-state index in [9.17, 15) is 0 Å². The van der Waals surface area contributed by atoms with E-state index in [0.717, 1.165) is 28.3 Å². The first-order valence-electron chi connectivity index (χ1n) is 18.5. The maximum absolute atomic E-state index is 2.48. The summed E-state index contributed by atoms with van der Waals surface area (Å²) in [4.78, 5) is 2.48. The molecule has 1 heterocycles. The van der Waals surface area contributed by atoms with Gasteiger partial charge in [0, 0.05) is 27.6 Å². The summed E-state index contributed by atoms with van der Waals surface area (Å²) in [5.41, 5.74) is 13.9. The Labute approximate surface area is 315 Å². The molecule has 0 aliphatic heterocycles. The topological polar surface area (TPSA) is 8.17 Å². The molecule has 0 amide bonds. The molecule has 1 aromatic heterocycles. The van der Waals surface area contributed by atoms with Gasteiger partial charge in [-0.25, -0.2) is 0 Å². The van der Waals surface area contributed by atoms with Gasteiger partial charge < -0.3 is 9.47 Å². The van der Waals surface area contributed by atoms with Gasteiger partial charge in [-0.2, -0.15) is 0 Å². The highest BCUT2D eigenvalue weighted by Gasteiger charge is 2.24. The third kappa shape index (κ3) is 5.36. The van der Waals surface area contributed by atoms with Gasteiger partial charge in [-0.05, 0) is 75.5 Å². The quantitative estimate of drug-likeness (QED) is 0.162. The van der Waals surface area contributed by atoms with Crippen LogP contribution in [0.3, 0.4) is 0 Å². The zero-order valence-corrected chi connectivity index (χ0v) is 29.7. The Kier molecular flexibility index (Phi) is 7.85. The first-order chi connectivity index (χ1) is 26.8. The molecular formula is C52H36N2. The number of aromatic nitrogens is 1. The van der Waals surface area contributed by atoms with E-state index < -0.39 is 0 Å². The molecule has 0 spiro atoms. The molecule has 0 radical (unpaired) electrons. The molecule has 0 atom stereocenters. The van der Waals surface area contributed by atoms with Crippen molar-refractivity contribution in [2.24, 2.45) is 0 Å². The molecule has 2 heteroatoms. The number of anilines is 3. The summed E-state index contributed by atoms with van der Waals surface area (Å²) in [5.74, 6) is 0. The van der Waals surface area contributed by atoms with Crippen molar-refractivity contribution in [2.45, 2.75) is 0 Å². The lowest BCUT2D eigenvalue weighted by Gasteiger charge is -2.29. The molecule has 10 aromatic rings. The average molecular weight is 689 g/mol. The van der Waals surface area contributed by atoms with Crippen LogP contribution in [0.4, 0.5) is 17.1 Å². The van der Waals surface area contributed by atoms with Crippen molar-refractivity contribution in [1.82, 2.24) is 4.57 Å². The fourth-order valence-electron chi connectivity index (χ4n) is 8.18. The van der Waals surface area contributed by atoms with Crippen molar-refractivity contribution >= 4 is 49.6 Å². The predicted octanol–water partition coefficient (Wildman–Crippen LogP) is 14.4. The molecule has 10 rings (SSSR count). The lowest BCUT2D eigenvalue weighted by atomic mass is 9.93. The van der Waals surface area contributed by atoms with Crippen LogP contribution in [0.1, 0.15) is 0 Å². The van der Waals surface area contributed by atoms with Gasteiger partial charge in [-0.15, -0.1) is 0 Å². The number of nitrogens with zero attached hydrogens (tertiary/aromatic N) is 2. The van der Waals surface area contributed by atoms with Crippen LogP contribution in [0.15, 0.2) is 218 Å². The Morgan fingerprint density at radius 2 is 0.926 bits per heavy atom. The molecule has 0 unspecified atom stereocenters. The van der Waals surface area contributed by atoms with Crippen LogP contribution in [0, 0.1) is 0 Å². The lowest BCUT2D eigenvalue weighted by Crippen LogP contribution is -2.12. The van der Waals surface area contributed by atoms with Gasteiger partial charge in [0.1, 0.15) is 0 Å². The summed E-state index contributed by atoms with van der Waals surface area (Å²) >= 11 is 0. The van der Waals surface area contributed by atoms with E-state index in [2.05, 4.69) is 228 Å². The van der Waals surface area contributed by atoms with Gasteiger partial charge in [-0.1, -0.05) is 176 Å². The van der Waals surface area contributed by atoms with Crippen molar-refractivity contribution in [1.29, 1.82) is 0 Å². The second-order valence-electron chi connectivity index (χ2n) is 13.7. The molecule has 54 heavy (non-hydrogen) atoms. The summed E-state index contributed by atoms with van der Waals surface area (Å²) in [6, 6.07) is 78.9. The van der Waals surface area contributed by atoms with E-state index in [0.29, 0.717) is 0 Å². The van der Waals surface area contributed by atoms with Crippen molar-refractivity contribution in [2.75, 3.05) is 4.90 Å². The number of hydrogen-bond acceptors (Lipinski definition) is 1. The van der Waals surface area contributed by atoms with Gasteiger partial charge in [-0.3, -0.25) is 0 Å². The number of hydrogen-bond donors (Lipinski definition) is 0. The highest BCUT2D eigenvalue weighted by molar-refractivity contribution is 6.17. The standard InChI is InChI=1S/C52H36N2/c1-4-18-37(19-5-1)40-34-35-45(44-29-16-23-38-22-10-11-26-42(38)44)51(36-40)53(41-24-8-3-9-25-41)49-32-17-33-50-52(49)46-28-13-15-31-48(46)54(50)47-30-14-12-27-43(47)39-20-6-2-7-21-39/h1-36H. The van der Waals surface area contributed by atoms with Crippen LogP contribution in [0.25, 0.3) is 71.6 Å². The third-order valence-electron chi connectivity index (χ3n) is 10.6. The molecule has 0 N–H and O–H groups in total. The second-order valence-corrected chi connectivity index (χ2v) is 13.7. The molecule has 9 aromatic carbocycles. The van der Waals surface area contributed by atoms with E-state index in [-0.39, 0.29) is 0 Å². The average Bonchev–Trinajstić information content (AvgIpc) is 3.59. The molecule has 0 aliphatic rings. The van der Waals surface area contributed by atoms with E-state index >= 15 is 0 Å². The first-order valence-corrected chi connectivity index (χ1v) is 18.5. The molecule has 2 nitrogen and oxygen atoms in total. The fraction of sp³-hybridized carbons (Fsp3) is 0. The minimum absolute atomic E-state index is 1.10. The van der Waals surface area contributed by atoms with E-state index in [1.54, 1.807) is 0 Å². The Hall–Kier alpha value is -7.16. The van der Waals surface area contributed by atoms with Gasteiger partial charge in [0.25, 0.3) is 0 Å². The number of rotatable bonds is 7. The van der Waals surface area contributed by atoms with Crippen LogP contribution in [0.2, 0.25) is 0 Å². The Balaban J connectivity index is 1.30. The summed E-state index contributed by atoms with van der Waals surface area (Å²) in [7, 11) is 0. The summed E-state index contributed by atoms with van der Waals surface area (Å²) in [6.07, 6.45) is 0. The monoisotopic (exact) mass is 688 g/mol. The molecular weight excluding hydrogens is 653 g/mol. The largest absolute Gasteiger partial charge is 0.309 e. The van der Waals surface area contributed by atoms with Crippen molar-refractivity contribution in [3.8, 4) is 39.1 Å². The van der Waals surface area contributed by atoms with Crippen LogP contribution >= 0.6 is 0 Å². The molecule has 0 bridgehead atoms. The fourth-order valence-corrected chi connectivity index (χ4v) is 8.18. The Morgan fingerprint density at radius 3 is 1.74 bits per heavy atom. The molecule has 0 fully saturated rings. The number of benzene rings is 9. The van der Waals surface area contributed by atoms with Crippen molar-refractivity contribution in [3.05, 3.63) is 218 Å². The van der Waals surface area contributed by atoms with Crippen LogP contribution in [0.5, 0.6) is 0 Å². The maximum Gasteiger partial charge on any atom is 0.0562 e. The van der Waals surface area contributed by atoms with E-state index in [1.807, 2.05) is 0 Å². The minimum Gasteiger partial charge on any atom is -0.309 e. The van der Waals surface area contributed by atoms with Gasteiger partial charge >= 0.3 is 0 Å². The van der Waals surface area contributed by atoms with Gasteiger partial charge in [0.05, 0.1) is 28.1 Å². The lowest BCUT2D eigenvalue weighted by molar-refractivity contribution is 1.18. The van der Waals surface area contributed by atoms with Crippen LogP contribution in [-0.2, 0) is 0 Å². The first kappa shape index (κ1) is 31.6. The maximum atomic E-state index is 2.48. The highest BCUT2D eigenvalue weighted by Crippen LogP contribution is 2.48. The van der Waals surface area contributed by atoms with Crippen molar-refractivity contribution in [3.63, 3.8) is 0 Å². The third-order valence-corrected chi connectivity index (χ3v) is 10.6. The Morgan fingerprint density at radius 1 is 0.333 bits per heavy atom. The number of para-hydroxylation sites is 3. The molecule has 0 aliphatic carbocycles. The van der Waals surface area contributed by atoms with E-state index in [4.69, 9.17) is 0 Å². The van der Waals surface area contributed by atoms with Crippen molar-refractivity contribution < 1.29 is 0 Å².